The van der Waals surface area contributed by atoms with E-state index in [-0.39, 0.29) is 11.8 Å². The van der Waals surface area contributed by atoms with Crippen molar-refractivity contribution in [2.75, 3.05) is 70.8 Å². The van der Waals surface area contributed by atoms with Crippen molar-refractivity contribution in [1.82, 2.24) is 9.80 Å². The molecule has 2 aliphatic heterocycles. The molecule has 180 valence electrons. The number of ether oxygens (including phenoxy) is 2. The van der Waals surface area contributed by atoms with Crippen LogP contribution in [-0.2, 0) is 14.3 Å². The third-order valence-electron chi connectivity index (χ3n) is 6.16. The molecule has 0 atom stereocenters. The molecule has 1 N–H and O–H groups in total. The Morgan fingerprint density at radius 3 is 2.24 bits per heavy atom. The first-order valence-corrected chi connectivity index (χ1v) is 11.6. The van der Waals surface area contributed by atoms with E-state index in [1.54, 1.807) is 19.2 Å². The van der Waals surface area contributed by atoms with Gasteiger partial charge in [-0.25, -0.2) is 0 Å². The lowest BCUT2D eigenvalue weighted by atomic mass is 10.0. The summed E-state index contributed by atoms with van der Waals surface area (Å²) in [7, 11) is 5.54. The van der Waals surface area contributed by atoms with Gasteiger partial charge in [0.2, 0.25) is 0 Å². The van der Waals surface area contributed by atoms with Gasteiger partial charge in [0.15, 0.2) is 0 Å². The molecule has 0 aliphatic carbocycles. The van der Waals surface area contributed by atoms with Crippen LogP contribution in [0.4, 0.5) is 11.4 Å². The monoisotopic (exact) mass is 464 g/mol. The first-order valence-electron chi connectivity index (χ1n) is 11.6. The molecule has 2 aromatic rings. The highest BCUT2D eigenvalue weighted by Gasteiger charge is 2.39. The maximum atomic E-state index is 13.4. The predicted molar refractivity (Wildman–Crippen MR) is 133 cm³/mol. The van der Waals surface area contributed by atoms with Crippen molar-refractivity contribution < 1.29 is 19.1 Å². The molecule has 34 heavy (non-hydrogen) atoms. The zero-order valence-electron chi connectivity index (χ0n) is 20.0. The molecule has 8 nitrogen and oxygen atoms in total. The van der Waals surface area contributed by atoms with Gasteiger partial charge in [-0.1, -0.05) is 12.1 Å². The fourth-order valence-electron chi connectivity index (χ4n) is 4.19. The summed E-state index contributed by atoms with van der Waals surface area (Å²) in [4.78, 5) is 32.5. The van der Waals surface area contributed by atoms with E-state index >= 15 is 0 Å². The minimum Gasteiger partial charge on any atom is -0.497 e. The fourth-order valence-corrected chi connectivity index (χ4v) is 4.19. The second-order valence-corrected chi connectivity index (χ2v) is 8.61. The summed E-state index contributed by atoms with van der Waals surface area (Å²) in [5.41, 5.74) is 3.17. The third-order valence-corrected chi connectivity index (χ3v) is 6.16. The Labute approximate surface area is 200 Å². The lowest BCUT2D eigenvalue weighted by Gasteiger charge is -2.27. The van der Waals surface area contributed by atoms with Crippen molar-refractivity contribution in [3.8, 4) is 5.75 Å². The molecule has 0 aromatic heterocycles. The standard InChI is InChI=1S/C26H32N4O4/c1-28(2)21-9-7-20(8-10-21)27-24-23(19-5-11-22(33-3)12-6-19)25(31)30(26(24)32)14-4-13-29-15-17-34-18-16-29/h5-12,27H,4,13-18H2,1-3H3. The molecule has 2 amide bonds. The second-order valence-electron chi connectivity index (χ2n) is 8.61. The maximum absolute atomic E-state index is 13.4. The zero-order valence-corrected chi connectivity index (χ0v) is 20.0. The number of anilines is 2. The van der Waals surface area contributed by atoms with Crippen LogP contribution in [0.25, 0.3) is 5.57 Å². The molecule has 2 heterocycles. The highest BCUT2D eigenvalue weighted by molar-refractivity contribution is 6.36. The normalized spacial score (nSPS) is 16.9. The number of nitrogens with zero attached hydrogens (tertiary/aromatic N) is 3. The summed E-state index contributed by atoms with van der Waals surface area (Å²) >= 11 is 0. The Morgan fingerprint density at radius 2 is 1.62 bits per heavy atom. The summed E-state index contributed by atoms with van der Waals surface area (Å²) in [5, 5.41) is 3.23. The van der Waals surface area contributed by atoms with Crippen LogP contribution in [0.1, 0.15) is 12.0 Å². The molecule has 0 radical (unpaired) electrons. The van der Waals surface area contributed by atoms with Crippen molar-refractivity contribution in [3.05, 3.63) is 59.8 Å². The number of hydrogen-bond donors (Lipinski definition) is 1. The molecule has 0 spiro atoms. The molecule has 0 unspecified atom stereocenters. The molecule has 2 aliphatic rings. The van der Waals surface area contributed by atoms with Gasteiger partial charge in [0.05, 0.1) is 25.9 Å². The van der Waals surface area contributed by atoms with Gasteiger partial charge in [0.25, 0.3) is 11.8 Å². The van der Waals surface area contributed by atoms with Crippen LogP contribution in [-0.4, -0.2) is 82.2 Å². The summed E-state index contributed by atoms with van der Waals surface area (Å²) in [5.74, 6) is 0.122. The largest absolute Gasteiger partial charge is 0.497 e. The summed E-state index contributed by atoms with van der Waals surface area (Å²) < 4.78 is 10.7. The van der Waals surface area contributed by atoms with E-state index < -0.39 is 0 Å². The van der Waals surface area contributed by atoms with Crippen molar-refractivity contribution in [1.29, 1.82) is 0 Å². The predicted octanol–water partition coefficient (Wildman–Crippen LogP) is 2.68. The number of benzene rings is 2. The number of carbonyl (C=O) groups is 2. The Kier molecular flexibility index (Phi) is 7.49. The van der Waals surface area contributed by atoms with E-state index in [2.05, 4.69) is 10.2 Å². The van der Waals surface area contributed by atoms with Gasteiger partial charge in [0, 0.05) is 51.6 Å². The van der Waals surface area contributed by atoms with Crippen LogP contribution >= 0.6 is 0 Å². The van der Waals surface area contributed by atoms with Gasteiger partial charge in [-0.2, -0.15) is 0 Å². The summed E-state index contributed by atoms with van der Waals surface area (Å²) in [6, 6.07) is 15.0. The van der Waals surface area contributed by atoms with Crippen LogP contribution in [0.3, 0.4) is 0 Å². The van der Waals surface area contributed by atoms with E-state index in [9.17, 15) is 9.59 Å². The highest BCUT2D eigenvalue weighted by Crippen LogP contribution is 2.32. The summed E-state index contributed by atoms with van der Waals surface area (Å²) in [6.45, 7) is 4.42. The molecule has 4 rings (SSSR count). The van der Waals surface area contributed by atoms with E-state index in [1.165, 1.54) is 4.90 Å². The second kappa shape index (κ2) is 10.7. The Balaban J connectivity index is 1.56. The number of nitrogens with one attached hydrogen (secondary N) is 1. The number of hydrogen-bond acceptors (Lipinski definition) is 7. The topological polar surface area (TPSA) is 74.3 Å². The van der Waals surface area contributed by atoms with E-state index in [0.717, 1.165) is 50.6 Å². The van der Waals surface area contributed by atoms with Crippen LogP contribution < -0.4 is 15.0 Å². The molecule has 2 aromatic carbocycles. The smallest absolute Gasteiger partial charge is 0.278 e. The average molecular weight is 465 g/mol. The van der Waals surface area contributed by atoms with Crippen molar-refractivity contribution in [2.45, 2.75) is 6.42 Å². The first kappa shape index (κ1) is 23.8. The van der Waals surface area contributed by atoms with E-state index in [0.29, 0.717) is 29.1 Å². The number of imide groups is 1. The van der Waals surface area contributed by atoms with E-state index in [4.69, 9.17) is 9.47 Å². The van der Waals surface area contributed by atoms with Crippen molar-refractivity contribution >= 4 is 28.8 Å². The molecule has 0 saturated carbocycles. The SMILES string of the molecule is COc1ccc(C2=C(Nc3ccc(N(C)C)cc3)C(=O)N(CCCN3CCOCC3)C2=O)cc1. The summed E-state index contributed by atoms with van der Waals surface area (Å²) in [6.07, 6.45) is 0.720. The fraction of sp³-hybridized carbons (Fsp3) is 0.385. The van der Waals surface area contributed by atoms with Crippen LogP contribution in [0.15, 0.2) is 54.2 Å². The van der Waals surface area contributed by atoms with Gasteiger partial charge in [-0.15, -0.1) is 0 Å². The number of amides is 2. The molecular weight excluding hydrogens is 432 g/mol. The van der Waals surface area contributed by atoms with Crippen LogP contribution in [0, 0.1) is 0 Å². The van der Waals surface area contributed by atoms with Gasteiger partial charge >= 0.3 is 0 Å². The minimum absolute atomic E-state index is 0.274. The lowest BCUT2D eigenvalue weighted by molar-refractivity contribution is -0.136. The Hall–Kier alpha value is -3.36. The number of carbonyl (C=O) groups excluding carboxylic acids is 2. The maximum Gasteiger partial charge on any atom is 0.278 e. The minimum atomic E-state index is -0.297. The lowest BCUT2D eigenvalue weighted by Crippen LogP contribution is -2.39. The first-order chi connectivity index (χ1) is 16.5. The highest BCUT2D eigenvalue weighted by atomic mass is 16.5. The number of rotatable bonds is 9. The Morgan fingerprint density at radius 1 is 0.941 bits per heavy atom. The number of methoxy groups -OCH3 is 1. The van der Waals surface area contributed by atoms with Crippen molar-refractivity contribution in [3.63, 3.8) is 0 Å². The molecular formula is C26H32N4O4. The van der Waals surface area contributed by atoms with Gasteiger partial charge < -0.3 is 19.7 Å². The zero-order chi connectivity index (χ0) is 24.1. The average Bonchev–Trinajstić information content (AvgIpc) is 3.09. The molecule has 1 saturated heterocycles. The van der Waals surface area contributed by atoms with Crippen molar-refractivity contribution in [2.24, 2.45) is 0 Å². The Bertz CT molecular complexity index is 1040. The van der Waals surface area contributed by atoms with Crippen LogP contribution in [0.5, 0.6) is 5.75 Å². The van der Waals surface area contributed by atoms with Gasteiger partial charge in [-0.3, -0.25) is 19.4 Å². The molecule has 0 bridgehead atoms. The third kappa shape index (κ3) is 5.24. The molecule has 1 fully saturated rings. The quantitative estimate of drug-likeness (QED) is 0.572. The van der Waals surface area contributed by atoms with Gasteiger partial charge in [0.1, 0.15) is 11.4 Å². The van der Waals surface area contributed by atoms with Crippen LogP contribution in [0.2, 0.25) is 0 Å². The number of morpholine rings is 1. The molecule has 8 heteroatoms. The van der Waals surface area contributed by atoms with Gasteiger partial charge in [-0.05, 0) is 48.4 Å². The van der Waals surface area contributed by atoms with E-state index in [1.807, 2.05) is 55.4 Å².